The first-order valence-corrected chi connectivity index (χ1v) is 8.68. The van der Waals surface area contributed by atoms with E-state index in [1.807, 2.05) is 54.9 Å². The van der Waals surface area contributed by atoms with E-state index < -0.39 is 6.10 Å². The molecule has 25 heavy (non-hydrogen) atoms. The molecule has 0 saturated heterocycles. The molecule has 2 aromatic rings. The third kappa shape index (κ3) is 6.58. The summed E-state index contributed by atoms with van der Waals surface area (Å²) in [5.41, 5.74) is 3.18. The van der Waals surface area contributed by atoms with Crippen LogP contribution in [-0.4, -0.2) is 40.1 Å². The number of benzene rings is 1. The number of carbonyl (C=O) groups excluding carboxylic acids is 1. The van der Waals surface area contributed by atoms with Crippen molar-refractivity contribution in [3.63, 3.8) is 0 Å². The van der Waals surface area contributed by atoms with E-state index in [-0.39, 0.29) is 18.5 Å². The number of aliphatic hydroxyl groups is 1. The van der Waals surface area contributed by atoms with E-state index in [2.05, 4.69) is 22.7 Å². The fraction of sp³-hybridized carbons (Fsp3) is 0.474. The van der Waals surface area contributed by atoms with Crippen molar-refractivity contribution in [1.29, 1.82) is 0 Å². The molecule has 2 amide bonds. The molecular formula is C19H28N4O2. The second-order valence-electron chi connectivity index (χ2n) is 6.65. The van der Waals surface area contributed by atoms with Crippen LogP contribution in [0.2, 0.25) is 0 Å². The highest BCUT2D eigenvalue weighted by atomic mass is 16.3. The molecule has 1 aromatic carbocycles. The summed E-state index contributed by atoms with van der Waals surface area (Å²) in [6, 6.07) is 11.5. The van der Waals surface area contributed by atoms with Crippen molar-refractivity contribution in [1.82, 2.24) is 20.4 Å². The molecule has 2 atom stereocenters. The molecule has 6 heteroatoms. The highest BCUT2D eigenvalue weighted by Gasteiger charge is 2.11. The fourth-order valence-electron chi connectivity index (χ4n) is 2.72. The lowest BCUT2D eigenvalue weighted by Gasteiger charge is -2.16. The Hall–Kier alpha value is -2.34. The van der Waals surface area contributed by atoms with Gasteiger partial charge in [0.25, 0.3) is 0 Å². The Bertz CT molecular complexity index is 669. The van der Waals surface area contributed by atoms with Crippen molar-refractivity contribution in [2.75, 3.05) is 13.1 Å². The molecule has 2 rings (SSSR count). The predicted molar refractivity (Wildman–Crippen MR) is 98.4 cm³/mol. The normalized spacial score (nSPS) is 13.3. The maximum absolute atomic E-state index is 11.9. The molecule has 3 N–H and O–H groups in total. The Morgan fingerprint density at radius 3 is 2.52 bits per heavy atom. The van der Waals surface area contributed by atoms with E-state index in [4.69, 9.17) is 0 Å². The Balaban J connectivity index is 1.65. The van der Waals surface area contributed by atoms with Crippen molar-refractivity contribution in [3.05, 3.63) is 53.3 Å². The number of nitrogens with one attached hydrogen (secondary N) is 2. The second kappa shape index (κ2) is 9.22. The van der Waals surface area contributed by atoms with E-state index in [9.17, 15) is 9.90 Å². The van der Waals surface area contributed by atoms with Crippen molar-refractivity contribution in [2.24, 2.45) is 5.92 Å². The molecule has 0 bridgehead atoms. The summed E-state index contributed by atoms with van der Waals surface area (Å²) in [4.78, 5) is 11.9. The van der Waals surface area contributed by atoms with Crippen molar-refractivity contribution in [2.45, 2.75) is 39.8 Å². The van der Waals surface area contributed by atoms with Crippen LogP contribution in [0.25, 0.3) is 0 Å². The lowest BCUT2D eigenvalue weighted by atomic mass is 10.1. The van der Waals surface area contributed by atoms with E-state index in [0.717, 1.165) is 23.5 Å². The van der Waals surface area contributed by atoms with E-state index in [0.29, 0.717) is 13.0 Å². The van der Waals surface area contributed by atoms with Gasteiger partial charge in [0.05, 0.1) is 11.8 Å². The van der Waals surface area contributed by atoms with Crippen LogP contribution in [0.4, 0.5) is 4.79 Å². The van der Waals surface area contributed by atoms with Gasteiger partial charge in [-0.05, 0) is 31.4 Å². The molecule has 0 aliphatic rings. The van der Waals surface area contributed by atoms with Gasteiger partial charge >= 0.3 is 6.03 Å². The smallest absolute Gasteiger partial charge is 0.314 e. The number of urea groups is 1. The number of aryl methyl sites for hydroxylation is 2. The van der Waals surface area contributed by atoms with Crippen LogP contribution in [0.3, 0.4) is 0 Å². The number of amides is 2. The standard InChI is InChI=1S/C19H28N4O2/c1-14(13-23-16(3)9-15(2)22-23)11-20-19(25)21-12-18(24)10-17-7-5-4-6-8-17/h4-9,14,18,24H,10-13H2,1-3H3,(H2,20,21,25). The Morgan fingerprint density at radius 2 is 1.88 bits per heavy atom. The summed E-state index contributed by atoms with van der Waals surface area (Å²) in [6.07, 6.45) is -0.0737. The predicted octanol–water partition coefficient (Wildman–Crippen LogP) is 2.04. The summed E-state index contributed by atoms with van der Waals surface area (Å²) in [5, 5.41) is 20.0. The average Bonchev–Trinajstić information content (AvgIpc) is 2.89. The number of carbonyl (C=O) groups is 1. The van der Waals surface area contributed by atoms with Gasteiger partial charge in [-0.2, -0.15) is 5.10 Å². The maximum atomic E-state index is 11.9. The van der Waals surface area contributed by atoms with Crippen LogP contribution in [0.1, 0.15) is 23.9 Å². The Labute approximate surface area is 149 Å². The number of aromatic nitrogens is 2. The number of hydrogen-bond donors (Lipinski definition) is 3. The molecule has 136 valence electrons. The quantitative estimate of drug-likeness (QED) is 0.686. The van der Waals surface area contributed by atoms with Gasteiger partial charge < -0.3 is 15.7 Å². The van der Waals surface area contributed by atoms with Crippen LogP contribution >= 0.6 is 0 Å². The van der Waals surface area contributed by atoms with E-state index in [1.54, 1.807) is 0 Å². The van der Waals surface area contributed by atoms with Gasteiger partial charge in [0.1, 0.15) is 0 Å². The Kier molecular flexibility index (Phi) is 7.01. The molecule has 0 fully saturated rings. The molecule has 0 saturated carbocycles. The van der Waals surface area contributed by atoms with Crippen LogP contribution < -0.4 is 10.6 Å². The van der Waals surface area contributed by atoms with Gasteiger partial charge in [-0.3, -0.25) is 4.68 Å². The highest BCUT2D eigenvalue weighted by molar-refractivity contribution is 5.73. The zero-order valence-electron chi connectivity index (χ0n) is 15.2. The minimum atomic E-state index is -0.597. The van der Waals surface area contributed by atoms with Gasteiger partial charge in [0.15, 0.2) is 0 Å². The van der Waals surface area contributed by atoms with Crippen molar-refractivity contribution < 1.29 is 9.90 Å². The maximum Gasteiger partial charge on any atom is 0.314 e. The largest absolute Gasteiger partial charge is 0.391 e. The molecule has 1 aromatic heterocycles. The molecule has 0 radical (unpaired) electrons. The minimum absolute atomic E-state index is 0.229. The van der Waals surface area contributed by atoms with Gasteiger partial charge in [-0.1, -0.05) is 37.3 Å². The molecule has 2 unspecified atom stereocenters. The summed E-state index contributed by atoms with van der Waals surface area (Å²) in [6.45, 7) is 7.62. The molecule has 0 aliphatic heterocycles. The van der Waals surface area contributed by atoms with Crippen LogP contribution in [0, 0.1) is 19.8 Å². The van der Waals surface area contributed by atoms with E-state index >= 15 is 0 Å². The molecule has 0 spiro atoms. The summed E-state index contributed by atoms with van der Waals surface area (Å²) in [7, 11) is 0. The highest BCUT2D eigenvalue weighted by Crippen LogP contribution is 2.06. The molecule has 1 heterocycles. The van der Waals surface area contributed by atoms with Crippen LogP contribution in [0.5, 0.6) is 0 Å². The molecule has 6 nitrogen and oxygen atoms in total. The monoisotopic (exact) mass is 344 g/mol. The summed E-state index contributed by atoms with van der Waals surface area (Å²) < 4.78 is 1.96. The first-order chi connectivity index (χ1) is 11.9. The zero-order chi connectivity index (χ0) is 18.2. The molecular weight excluding hydrogens is 316 g/mol. The van der Waals surface area contributed by atoms with E-state index in [1.165, 1.54) is 0 Å². The fourth-order valence-corrected chi connectivity index (χ4v) is 2.72. The zero-order valence-corrected chi connectivity index (χ0v) is 15.2. The lowest BCUT2D eigenvalue weighted by molar-refractivity contribution is 0.170. The second-order valence-corrected chi connectivity index (χ2v) is 6.65. The van der Waals surface area contributed by atoms with Gasteiger partial charge in [-0.15, -0.1) is 0 Å². The molecule has 0 aliphatic carbocycles. The third-order valence-corrected chi connectivity index (χ3v) is 4.01. The Morgan fingerprint density at radius 1 is 1.20 bits per heavy atom. The van der Waals surface area contributed by atoms with Crippen molar-refractivity contribution in [3.8, 4) is 0 Å². The van der Waals surface area contributed by atoms with Crippen LogP contribution in [0.15, 0.2) is 36.4 Å². The van der Waals surface area contributed by atoms with Gasteiger partial charge in [0, 0.05) is 31.7 Å². The summed E-state index contributed by atoms with van der Waals surface area (Å²) in [5.74, 6) is 0.262. The minimum Gasteiger partial charge on any atom is -0.391 e. The third-order valence-electron chi connectivity index (χ3n) is 4.01. The number of nitrogens with zero attached hydrogens (tertiary/aromatic N) is 2. The van der Waals surface area contributed by atoms with Crippen molar-refractivity contribution >= 4 is 6.03 Å². The number of rotatable bonds is 8. The summed E-state index contributed by atoms with van der Waals surface area (Å²) >= 11 is 0. The number of aliphatic hydroxyl groups excluding tert-OH is 1. The first-order valence-electron chi connectivity index (χ1n) is 8.68. The SMILES string of the molecule is Cc1cc(C)n(CC(C)CNC(=O)NCC(O)Cc2ccccc2)n1. The number of hydrogen-bond acceptors (Lipinski definition) is 3. The topological polar surface area (TPSA) is 79.2 Å². The first kappa shape index (κ1) is 19.0. The lowest BCUT2D eigenvalue weighted by Crippen LogP contribution is -2.42. The van der Waals surface area contributed by atoms with Crippen LogP contribution in [-0.2, 0) is 13.0 Å². The van der Waals surface area contributed by atoms with Gasteiger partial charge in [-0.25, -0.2) is 4.79 Å². The average molecular weight is 344 g/mol. The van der Waals surface area contributed by atoms with Gasteiger partial charge in [0.2, 0.25) is 0 Å².